The van der Waals surface area contributed by atoms with E-state index in [2.05, 4.69) is 4.98 Å². The molecule has 0 aliphatic rings. The summed E-state index contributed by atoms with van der Waals surface area (Å²) < 4.78 is 0. The third-order valence-electron chi connectivity index (χ3n) is 2.66. The van der Waals surface area contributed by atoms with Crippen LogP contribution in [0.2, 0.25) is 5.02 Å². The zero-order chi connectivity index (χ0) is 15.4. The van der Waals surface area contributed by atoms with Crippen LogP contribution in [0.5, 0.6) is 0 Å². The van der Waals surface area contributed by atoms with E-state index >= 15 is 0 Å². The highest BCUT2D eigenvalue weighted by Gasteiger charge is 2.17. The SMILES string of the molecule is NC(=O)c1ccc(CSc2ncccc2Cl)c([N+](=O)[O-])c1. The molecule has 0 saturated carbocycles. The van der Waals surface area contributed by atoms with Crippen LogP contribution in [-0.4, -0.2) is 15.8 Å². The van der Waals surface area contributed by atoms with Crippen molar-refractivity contribution in [2.45, 2.75) is 10.8 Å². The third kappa shape index (κ3) is 3.71. The Kier molecular flexibility index (Phi) is 4.77. The van der Waals surface area contributed by atoms with Gasteiger partial charge in [0.2, 0.25) is 5.91 Å². The maximum Gasteiger partial charge on any atom is 0.274 e. The lowest BCUT2D eigenvalue weighted by atomic mass is 10.1. The molecule has 2 rings (SSSR count). The topological polar surface area (TPSA) is 99.1 Å². The average molecular weight is 324 g/mol. The Bertz CT molecular complexity index is 709. The van der Waals surface area contributed by atoms with Crippen molar-refractivity contribution in [1.82, 2.24) is 4.98 Å². The fourth-order valence-corrected chi connectivity index (χ4v) is 2.80. The Hall–Kier alpha value is -2.12. The lowest BCUT2D eigenvalue weighted by molar-refractivity contribution is -0.385. The maximum atomic E-state index is 11.1. The number of thioether (sulfide) groups is 1. The second-order valence-corrected chi connectivity index (χ2v) is 5.42. The molecule has 0 aliphatic heterocycles. The molecule has 0 radical (unpaired) electrons. The quantitative estimate of drug-likeness (QED) is 0.518. The van der Waals surface area contributed by atoms with E-state index in [0.29, 0.717) is 21.4 Å². The zero-order valence-corrected chi connectivity index (χ0v) is 12.2. The number of hydrogen-bond donors (Lipinski definition) is 1. The summed E-state index contributed by atoms with van der Waals surface area (Å²) in [6, 6.07) is 7.56. The van der Waals surface area contributed by atoms with Crippen molar-refractivity contribution in [1.29, 1.82) is 0 Å². The number of amides is 1. The van der Waals surface area contributed by atoms with Gasteiger partial charge < -0.3 is 5.73 Å². The number of carbonyl (C=O) groups excluding carboxylic acids is 1. The second-order valence-electron chi connectivity index (χ2n) is 4.04. The molecule has 1 heterocycles. The van der Waals surface area contributed by atoms with Crippen LogP contribution in [0.1, 0.15) is 15.9 Å². The number of hydrogen-bond acceptors (Lipinski definition) is 5. The smallest absolute Gasteiger partial charge is 0.274 e. The number of rotatable bonds is 5. The molecule has 108 valence electrons. The predicted molar refractivity (Wildman–Crippen MR) is 80.4 cm³/mol. The standard InChI is InChI=1S/C13H10ClN3O3S/c14-10-2-1-5-16-13(10)21-7-9-4-3-8(12(15)18)6-11(9)17(19)20/h1-6H,7H2,(H2,15,18). The number of benzene rings is 1. The van der Waals surface area contributed by atoms with Gasteiger partial charge in [-0.05, 0) is 18.2 Å². The lowest BCUT2D eigenvalue weighted by Crippen LogP contribution is -2.11. The summed E-state index contributed by atoms with van der Waals surface area (Å²) in [5.74, 6) is -0.392. The Morgan fingerprint density at radius 1 is 1.43 bits per heavy atom. The Morgan fingerprint density at radius 3 is 2.81 bits per heavy atom. The molecule has 2 N–H and O–H groups in total. The van der Waals surface area contributed by atoms with Crippen molar-refractivity contribution >= 4 is 35.0 Å². The summed E-state index contributed by atoms with van der Waals surface area (Å²) in [5, 5.41) is 12.2. The molecule has 0 unspecified atom stereocenters. The van der Waals surface area contributed by atoms with Crippen molar-refractivity contribution in [3.05, 3.63) is 62.8 Å². The van der Waals surface area contributed by atoms with Crippen molar-refractivity contribution < 1.29 is 9.72 Å². The van der Waals surface area contributed by atoms with Gasteiger partial charge in [-0.25, -0.2) is 4.98 Å². The largest absolute Gasteiger partial charge is 0.366 e. The van der Waals surface area contributed by atoms with E-state index in [1.54, 1.807) is 18.3 Å². The van der Waals surface area contributed by atoms with Gasteiger partial charge in [0.1, 0.15) is 5.03 Å². The van der Waals surface area contributed by atoms with E-state index in [1.165, 1.54) is 30.0 Å². The minimum absolute atomic E-state index is 0.103. The minimum atomic E-state index is -0.704. The molecule has 0 atom stereocenters. The van der Waals surface area contributed by atoms with Gasteiger partial charge >= 0.3 is 0 Å². The molecule has 0 fully saturated rings. The van der Waals surface area contributed by atoms with Gasteiger partial charge in [-0.2, -0.15) is 0 Å². The highest BCUT2D eigenvalue weighted by Crippen LogP contribution is 2.31. The first kappa shape index (κ1) is 15.3. The molecule has 0 spiro atoms. The van der Waals surface area contributed by atoms with E-state index in [9.17, 15) is 14.9 Å². The molecule has 1 aromatic heterocycles. The summed E-state index contributed by atoms with van der Waals surface area (Å²) >= 11 is 7.26. The number of aromatic nitrogens is 1. The van der Waals surface area contributed by atoms with Gasteiger partial charge in [-0.15, -0.1) is 0 Å². The van der Waals surface area contributed by atoms with Crippen molar-refractivity contribution in [2.75, 3.05) is 0 Å². The van der Waals surface area contributed by atoms with Gasteiger partial charge in [0.05, 0.1) is 9.95 Å². The van der Waals surface area contributed by atoms with Gasteiger partial charge in [-0.1, -0.05) is 29.4 Å². The summed E-state index contributed by atoms with van der Waals surface area (Å²) in [5.41, 5.74) is 5.55. The summed E-state index contributed by atoms with van der Waals surface area (Å²) in [7, 11) is 0. The Morgan fingerprint density at radius 2 is 2.19 bits per heavy atom. The van der Waals surface area contributed by atoms with Crippen LogP contribution in [0, 0.1) is 10.1 Å². The number of carbonyl (C=O) groups is 1. The molecular formula is C13H10ClN3O3S. The molecule has 6 nitrogen and oxygen atoms in total. The van der Waals surface area contributed by atoms with Crippen LogP contribution in [0.15, 0.2) is 41.6 Å². The van der Waals surface area contributed by atoms with Crippen LogP contribution < -0.4 is 5.73 Å². The van der Waals surface area contributed by atoms with Crippen molar-refractivity contribution in [3.8, 4) is 0 Å². The molecule has 21 heavy (non-hydrogen) atoms. The minimum Gasteiger partial charge on any atom is -0.366 e. The number of nitrogens with two attached hydrogens (primary N) is 1. The number of pyridine rings is 1. The van der Waals surface area contributed by atoms with Crippen molar-refractivity contribution in [3.63, 3.8) is 0 Å². The van der Waals surface area contributed by atoms with Gasteiger partial charge in [-0.3, -0.25) is 14.9 Å². The van der Waals surface area contributed by atoms with Gasteiger partial charge in [0.25, 0.3) is 5.69 Å². The van der Waals surface area contributed by atoms with Gasteiger partial charge in [0, 0.05) is 29.1 Å². The highest BCUT2D eigenvalue weighted by atomic mass is 35.5. The van der Waals surface area contributed by atoms with Gasteiger partial charge in [0.15, 0.2) is 0 Å². The van der Waals surface area contributed by atoms with Crippen molar-refractivity contribution in [2.24, 2.45) is 5.73 Å². The Labute approximate surface area is 129 Å². The fraction of sp³-hybridized carbons (Fsp3) is 0.0769. The molecule has 1 amide bonds. The predicted octanol–water partition coefficient (Wildman–Crippen LogP) is 3.03. The average Bonchev–Trinajstić information content (AvgIpc) is 2.46. The monoisotopic (exact) mass is 323 g/mol. The molecule has 2 aromatic rings. The summed E-state index contributed by atoms with van der Waals surface area (Å²) in [6.45, 7) is 0. The Balaban J connectivity index is 2.26. The molecule has 0 saturated heterocycles. The fourth-order valence-electron chi connectivity index (χ4n) is 1.63. The van der Waals surface area contributed by atoms with E-state index < -0.39 is 10.8 Å². The molecule has 1 aromatic carbocycles. The second kappa shape index (κ2) is 6.55. The van der Waals surface area contributed by atoms with E-state index in [1.807, 2.05) is 0 Å². The van der Waals surface area contributed by atoms with Crippen LogP contribution in [0.25, 0.3) is 0 Å². The summed E-state index contributed by atoms with van der Waals surface area (Å²) in [6.07, 6.45) is 1.60. The molecule has 0 bridgehead atoms. The number of nitro benzene ring substituents is 1. The molecular weight excluding hydrogens is 314 g/mol. The van der Waals surface area contributed by atoms with E-state index in [-0.39, 0.29) is 11.3 Å². The van der Waals surface area contributed by atoms with Crippen LogP contribution >= 0.6 is 23.4 Å². The molecule has 0 aliphatic carbocycles. The first-order chi connectivity index (χ1) is 9.99. The van der Waals surface area contributed by atoms with Crippen LogP contribution in [-0.2, 0) is 5.75 Å². The number of halogens is 1. The lowest BCUT2D eigenvalue weighted by Gasteiger charge is -2.05. The van der Waals surface area contributed by atoms with Crippen LogP contribution in [0.4, 0.5) is 5.69 Å². The number of primary amides is 1. The zero-order valence-electron chi connectivity index (χ0n) is 10.7. The maximum absolute atomic E-state index is 11.1. The van der Waals surface area contributed by atoms with Crippen LogP contribution in [0.3, 0.4) is 0 Å². The number of nitrogens with zero attached hydrogens (tertiary/aromatic N) is 2. The highest BCUT2D eigenvalue weighted by molar-refractivity contribution is 7.98. The van der Waals surface area contributed by atoms with E-state index in [4.69, 9.17) is 17.3 Å². The summed E-state index contributed by atoms with van der Waals surface area (Å²) in [4.78, 5) is 25.7. The first-order valence-corrected chi connectivity index (χ1v) is 7.16. The first-order valence-electron chi connectivity index (χ1n) is 5.79. The van der Waals surface area contributed by atoms with E-state index in [0.717, 1.165) is 0 Å². The molecule has 8 heteroatoms. The third-order valence-corrected chi connectivity index (χ3v) is 4.13. The number of nitro groups is 1. The normalized spacial score (nSPS) is 10.3.